The van der Waals surface area contributed by atoms with Crippen molar-refractivity contribution in [3.8, 4) is 5.75 Å². The molecule has 1 aromatic rings. The second kappa shape index (κ2) is 4.10. The highest BCUT2D eigenvalue weighted by Crippen LogP contribution is 2.24. The molecule has 76 valence electrons. The number of anilines is 1. The number of phenols is 1. The van der Waals surface area contributed by atoms with Crippen molar-refractivity contribution in [1.82, 2.24) is 0 Å². The van der Waals surface area contributed by atoms with Crippen LogP contribution >= 0.6 is 0 Å². The zero-order valence-corrected chi connectivity index (χ0v) is 8.17. The summed E-state index contributed by atoms with van der Waals surface area (Å²) < 4.78 is 13.2. The Morgan fingerprint density at radius 2 is 2.14 bits per heavy atom. The number of hydrogen-bond acceptors (Lipinski definition) is 3. The van der Waals surface area contributed by atoms with Crippen LogP contribution in [0.3, 0.4) is 0 Å². The van der Waals surface area contributed by atoms with Crippen molar-refractivity contribution >= 4 is 22.6 Å². The van der Waals surface area contributed by atoms with Crippen LogP contribution in [0.1, 0.15) is 10.4 Å². The molecule has 0 saturated carbocycles. The lowest BCUT2D eigenvalue weighted by molar-refractivity contribution is 0.0696. The molecule has 0 fully saturated rings. The molecule has 5 nitrogen and oxygen atoms in total. The Hall–Kier alpha value is -1.56. The highest BCUT2D eigenvalue weighted by molar-refractivity contribution is 7.85. The van der Waals surface area contributed by atoms with Gasteiger partial charge in [0.05, 0.1) is 11.3 Å². The molecule has 3 N–H and O–H groups in total. The summed E-state index contributed by atoms with van der Waals surface area (Å²) in [6.45, 7) is 0. The summed E-state index contributed by atoms with van der Waals surface area (Å²) in [5.74, 6) is -1.36. The van der Waals surface area contributed by atoms with Crippen molar-refractivity contribution in [2.24, 2.45) is 0 Å². The second-order valence-electron chi connectivity index (χ2n) is 2.59. The Labute approximate surface area is 83.0 Å². The molecule has 1 atom stereocenters. The van der Waals surface area contributed by atoms with Gasteiger partial charge in [-0.2, -0.15) is 0 Å². The van der Waals surface area contributed by atoms with Crippen LogP contribution in [0, 0.1) is 0 Å². The number of carboxylic acids is 1. The highest BCUT2D eigenvalue weighted by atomic mass is 32.2. The molecule has 0 aliphatic rings. The number of rotatable bonds is 3. The van der Waals surface area contributed by atoms with Gasteiger partial charge in [0.2, 0.25) is 0 Å². The molecule has 6 heteroatoms. The molecule has 1 aromatic carbocycles. The van der Waals surface area contributed by atoms with Crippen LogP contribution in [-0.4, -0.2) is 26.6 Å². The first-order valence-corrected chi connectivity index (χ1v) is 5.23. The van der Waals surface area contributed by atoms with Gasteiger partial charge in [-0.25, -0.2) is 9.00 Å². The van der Waals surface area contributed by atoms with Gasteiger partial charge in [0, 0.05) is 6.26 Å². The lowest BCUT2D eigenvalue weighted by Gasteiger charge is -2.05. The SMILES string of the molecule is CS(=O)Nc1ccc(C(=O)O)cc1O. The molecule has 1 unspecified atom stereocenters. The second-order valence-corrected chi connectivity index (χ2v) is 3.71. The molecule has 14 heavy (non-hydrogen) atoms. The van der Waals surface area contributed by atoms with E-state index in [1.807, 2.05) is 0 Å². The summed E-state index contributed by atoms with van der Waals surface area (Å²) in [6, 6.07) is 3.77. The molecule has 0 amide bonds. The van der Waals surface area contributed by atoms with E-state index in [-0.39, 0.29) is 17.0 Å². The average Bonchev–Trinajstić information content (AvgIpc) is 2.07. The summed E-state index contributed by atoms with van der Waals surface area (Å²) in [5.41, 5.74) is 0.228. The van der Waals surface area contributed by atoms with Gasteiger partial charge >= 0.3 is 5.97 Å². The molecular formula is C8H9NO4S. The summed E-state index contributed by atoms with van der Waals surface area (Å²) in [7, 11) is -1.30. The number of carboxylic acid groups (broad SMARTS) is 1. The van der Waals surface area contributed by atoms with Crippen LogP contribution in [0.15, 0.2) is 18.2 Å². The fraction of sp³-hybridized carbons (Fsp3) is 0.125. The minimum Gasteiger partial charge on any atom is -0.506 e. The van der Waals surface area contributed by atoms with Gasteiger partial charge in [0.25, 0.3) is 0 Å². The summed E-state index contributed by atoms with van der Waals surface area (Å²) >= 11 is 0. The molecule has 0 aromatic heterocycles. The first-order valence-electron chi connectivity index (χ1n) is 3.67. The maximum absolute atomic E-state index is 10.8. The first-order chi connectivity index (χ1) is 6.50. The Balaban J connectivity index is 3.01. The monoisotopic (exact) mass is 215 g/mol. The highest BCUT2D eigenvalue weighted by Gasteiger charge is 2.07. The smallest absolute Gasteiger partial charge is 0.335 e. The lowest BCUT2D eigenvalue weighted by Crippen LogP contribution is -2.02. The third kappa shape index (κ3) is 2.46. The van der Waals surface area contributed by atoms with E-state index < -0.39 is 17.0 Å². The maximum Gasteiger partial charge on any atom is 0.335 e. The van der Waals surface area contributed by atoms with Crippen LogP contribution in [-0.2, 0) is 11.0 Å². The molecule has 0 aliphatic heterocycles. The quantitative estimate of drug-likeness (QED) is 0.651. The predicted molar refractivity (Wildman–Crippen MR) is 52.8 cm³/mol. The Bertz CT molecular complexity index is 391. The van der Waals surface area contributed by atoms with E-state index in [4.69, 9.17) is 5.11 Å². The van der Waals surface area contributed by atoms with Crippen LogP contribution in [0.4, 0.5) is 5.69 Å². The van der Waals surface area contributed by atoms with E-state index in [1.165, 1.54) is 18.4 Å². The number of aromatic hydroxyl groups is 1. The van der Waals surface area contributed by atoms with E-state index in [2.05, 4.69) is 4.72 Å². The molecule has 1 rings (SSSR count). The van der Waals surface area contributed by atoms with Gasteiger partial charge in [0.1, 0.15) is 16.7 Å². The molecule has 0 aliphatic carbocycles. The van der Waals surface area contributed by atoms with E-state index >= 15 is 0 Å². The van der Waals surface area contributed by atoms with Crippen molar-refractivity contribution in [2.75, 3.05) is 11.0 Å². The zero-order chi connectivity index (χ0) is 10.7. The fourth-order valence-electron chi connectivity index (χ4n) is 0.906. The van der Waals surface area contributed by atoms with Crippen LogP contribution in [0.2, 0.25) is 0 Å². The zero-order valence-electron chi connectivity index (χ0n) is 7.35. The topological polar surface area (TPSA) is 86.6 Å². The van der Waals surface area contributed by atoms with Gasteiger partial charge in [-0.05, 0) is 18.2 Å². The molecule has 0 radical (unpaired) electrons. The van der Waals surface area contributed by atoms with Crippen LogP contribution in [0.25, 0.3) is 0 Å². The summed E-state index contributed by atoms with van der Waals surface area (Å²) in [5, 5.41) is 17.9. The Kier molecular flexibility index (Phi) is 3.08. The minimum atomic E-state index is -1.30. The molecule has 0 bridgehead atoms. The minimum absolute atomic E-state index is 0.0186. The van der Waals surface area contributed by atoms with Gasteiger partial charge in [-0.1, -0.05) is 0 Å². The van der Waals surface area contributed by atoms with Crippen molar-refractivity contribution < 1.29 is 19.2 Å². The maximum atomic E-state index is 10.8. The molecule has 0 spiro atoms. The number of aromatic carboxylic acids is 1. The number of hydrogen-bond donors (Lipinski definition) is 3. The lowest BCUT2D eigenvalue weighted by atomic mass is 10.2. The van der Waals surface area contributed by atoms with Gasteiger partial charge in [-0.3, -0.25) is 0 Å². The standard InChI is InChI=1S/C8H9NO4S/c1-14(13)9-6-3-2-5(8(11)12)4-7(6)10/h2-4,9-10H,1H3,(H,11,12). The van der Waals surface area contributed by atoms with E-state index in [0.717, 1.165) is 6.07 Å². The van der Waals surface area contributed by atoms with E-state index in [9.17, 15) is 14.1 Å². The number of phenolic OH excluding ortho intramolecular Hbond substituents is 1. The fourth-order valence-corrected chi connectivity index (χ4v) is 1.39. The molecular weight excluding hydrogens is 206 g/mol. The van der Waals surface area contributed by atoms with Gasteiger partial charge in [0.15, 0.2) is 0 Å². The van der Waals surface area contributed by atoms with Crippen molar-refractivity contribution in [1.29, 1.82) is 0 Å². The van der Waals surface area contributed by atoms with Gasteiger partial charge in [-0.15, -0.1) is 0 Å². The average molecular weight is 215 g/mol. The van der Waals surface area contributed by atoms with Crippen molar-refractivity contribution in [3.05, 3.63) is 23.8 Å². The number of carbonyl (C=O) groups is 1. The summed E-state index contributed by atoms with van der Waals surface area (Å²) in [6.07, 6.45) is 1.41. The van der Waals surface area contributed by atoms with E-state index in [1.54, 1.807) is 0 Å². The van der Waals surface area contributed by atoms with Crippen LogP contribution < -0.4 is 4.72 Å². The molecule has 0 heterocycles. The predicted octanol–water partition coefficient (Wildman–Crippen LogP) is 0.796. The van der Waals surface area contributed by atoms with E-state index in [0.29, 0.717) is 0 Å². The number of nitrogens with one attached hydrogen (secondary N) is 1. The third-order valence-corrected chi connectivity index (χ3v) is 2.01. The van der Waals surface area contributed by atoms with Crippen molar-refractivity contribution in [2.45, 2.75) is 0 Å². The largest absolute Gasteiger partial charge is 0.506 e. The molecule has 0 saturated heterocycles. The third-order valence-electron chi connectivity index (χ3n) is 1.50. The first kappa shape index (κ1) is 10.5. The summed E-state index contributed by atoms with van der Waals surface area (Å²) in [4.78, 5) is 10.5. The normalized spacial score (nSPS) is 12.1. The van der Waals surface area contributed by atoms with Crippen LogP contribution in [0.5, 0.6) is 5.75 Å². The Morgan fingerprint density at radius 3 is 2.57 bits per heavy atom. The number of benzene rings is 1. The van der Waals surface area contributed by atoms with Gasteiger partial charge < -0.3 is 14.9 Å². The van der Waals surface area contributed by atoms with Crippen molar-refractivity contribution in [3.63, 3.8) is 0 Å². The Morgan fingerprint density at radius 1 is 1.50 bits per heavy atom.